The molecule has 0 saturated heterocycles. The zero-order chi connectivity index (χ0) is 19.3. The van der Waals surface area contributed by atoms with Crippen LogP contribution in [0.15, 0.2) is 64.8 Å². The van der Waals surface area contributed by atoms with Gasteiger partial charge in [-0.1, -0.05) is 18.2 Å². The summed E-state index contributed by atoms with van der Waals surface area (Å²) in [6.07, 6.45) is 2.81. The summed E-state index contributed by atoms with van der Waals surface area (Å²) in [5.74, 6) is -2.11. The van der Waals surface area contributed by atoms with E-state index in [-0.39, 0.29) is 18.9 Å². The van der Waals surface area contributed by atoms with Gasteiger partial charge in [0.15, 0.2) is 0 Å². The lowest BCUT2D eigenvalue weighted by atomic mass is 9.94. The molecule has 0 fully saturated rings. The van der Waals surface area contributed by atoms with Gasteiger partial charge in [0.25, 0.3) is 0 Å². The Balaban J connectivity index is 1.61. The first-order valence-electron chi connectivity index (χ1n) is 8.08. The number of carbonyl (C=O) groups excluding carboxylic acids is 2. The molecule has 2 amide bonds. The second-order valence-corrected chi connectivity index (χ2v) is 6.79. The van der Waals surface area contributed by atoms with Crippen molar-refractivity contribution in [1.82, 2.24) is 10.6 Å². The second kappa shape index (κ2) is 8.15. The number of thiophene rings is 1. The van der Waals surface area contributed by atoms with Crippen molar-refractivity contribution in [2.45, 2.75) is 12.1 Å². The van der Waals surface area contributed by atoms with Crippen molar-refractivity contribution in [2.75, 3.05) is 6.54 Å². The molecule has 1 aromatic carbocycles. The third kappa shape index (κ3) is 4.42. The highest BCUT2D eigenvalue weighted by atomic mass is 32.1. The number of furan rings is 1. The zero-order valence-electron chi connectivity index (χ0n) is 14.1. The molecular weight excluding hydrogens is 371 g/mol. The van der Waals surface area contributed by atoms with E-state index in [1.54, 1.807) is 23.6 Å². The number of nitrogens with one attached hydrogen (secondary N) is 2. The Morgan fingerprint density at radius 3 is 2.48 bits per heavy atom. The first-order valence-corrected chi connectivity index (χ1v) is 8.96. The summed E-state index contributed by atoms with van der Waals surface area (Å²) in [6.45, 7) is -0.112. The van der Waals surface area contributed by atoms with Crippen LogP contribution in [0.5, 0.6) is 0 Å². The van der Waals surface area contributed by atoms with E-state index >= 15 is 0 Å². The molecule has 2 heterocycles. The van der Waals surface area contributed by atoms with Gasteiger partial charge in [-0.15, -0.1) is 11.3 Å². The molecule has 8 heteroatoms. The Hall–Kier alpha value is -2.97. The molecule has 0 radical (unpaired) electrons. The molecule has 27 heavy (non-hydrogen) atoms. The van der Waals surface area contributed by atoms with Crippen LogP contribution < -0.4 is 10.6 Å². The van der Waals surface area contributed by atoms with E-state index in [0.717, 1.165) is 0 Å². The summed E-state index contributed by atoms with van der Waals surface area (Å²) in [7, 11) is 0. The van der Waals surface area contributed by atoms with Gasteiger partial charge in [0, 0.05) is 17.0 Å². The van der Waals surface area contributed by atoms with Crippen molar-refractivity contribution in [3.8, 4) is 0 Å². The number of hydrogen-bond acceptors (Lipinski definition) is 5. The smallest absolute Gasteiger partial charge is 0.309 e. The summed E-state index contributed by atoms with van der Waals surface area (Å²) in [4.78, 5) is 24.7. The highest BCUT2D eigenvalue weighted by Crippen LogP contribution is 2.32. The van der Waals surface area contributed by atoms with Gasteiger partial charge >= 0.3 is 11.8 Å². The number of carbonyl (C=O) groups is 2. The van der Waals surface area contributed by atoms with Crippen LogP contribution in [-0.2, 0) is 21.7 Å². The number of rotatable bonds is 6. The Labute approximate surface area is 158 Å². The Bertz CT molecular complexity index is 858. The van der Waals surface area contributed by atoms with Crippen LogP contribution in [-0.4, -0.2) is 23.5 Å². The van der Waals surface area contributed by atoms with Gasteiger partial charge in [-0.25, -0.2) is 4.39 Å². The SMILES string of the molecule is O=C(NCc1ccc(F)cc1)C(=O)NCC(O)(c1ccoc1)c1cccs1. The van der Waals surface area contributed by atoms with E-state index in [0.29, 0.717) is 16.0 Å². The standard InChI is InChI=1S/C19H17FN2O4S/c20-15-5-3-13(4-6-15)10-21-17(23)18(24)22-12-19(25,14-7-8-26-11-14)16-2-1-9-27-16/h1-9,11,25H,10,12H2,(H,21,23)(H,22,24). The van der Waals surface area contributed by atoms with Gasteiger partial charge in [-0.3, -0.25) is 9.59 Å². The van der Waals surface area contributed by atoms with Gasteiger partial charge in [-0.05, 0) is 35.2 Å². The zero-order valence-corrected chi connectivity index (χ0v) is 15.0. The van der Waals surface area contributed by atoms with E-state index < -0.39 is 17.4 Å². The molecule has 1 unspecified atom stereocenters. The average molecular weight is 388 g/mol. The van der Waals surface area contributed by atoms with Crippen molar-refractivity contribution in [3.63, 3.8) is 0 Å². The van der Waals surface area contributed by atoms with Crippen LogP contribution in [0, 0.1) is 5.82 Å². The van der Waals surface area contributed by atoms with Crippen LogP contribution in [0.25, 0.3) is 0 Å². The minimum atomic E-state index is -1.51. The van der Waals surface area contributed by atoms with Gasteiger partial charge in [0.1, 0.15) is 11.4 Å². The first kappa shape index (κ1) is 18.8. The topological polar surface area (TPSA) is 91.6 Å². The molecule has 0 aliphatic rings. The second-order valence-electron chi connectivity index (χ2n) is 5.84. The quantitative estimate of drug-likeness (QED) is 0.564. The number of benzene rings is 1. The third-order valence-corrected chi connectivity index (χ3v) is 5.03. The van der Waals surface area contributed by atoms with Crippen molar-refractivity contribution >= 4 is 23.2 Å². The first-order chi connectivity index (χ1) is 13.0. The van der Waals surface area contributed by atoms with Crippen LogP contribution in [0.1, 0.15) is 16.0 Å². The fraction of sp³-hybridized carbons (Fsp3) is 0.158. The lowest BCUT2D eigenvalue weighted by Crippen LogP contribution is -2.46. The van der Waals surface area contributed by atoms with Crippen molar-refractivity contribution in [1.29, 1.82) is 0 Å². The minimum absolute atomic E-state index is 0.0868. The summed E-state index contributed by atoms with van der Waals surface area (Å²) in [5.41, 5.74) is -0.378. The van der Waals surface area contributed by atoms with Gasteiger partial charge in [0.2, 0.25) is 0 Å². The maximum Gasteiger partial charge on any atom is 0.309 e. The van der Waals surface area contributed by atoms with Crippen molar-refractivity contribution in [2.24, 2.45) is 0 Å². The number of hydrogen-bond donors (Lipinski definition) is 3. The van der Waals surface area contributed by atoms with Gasteiger partial charge < -0.3 is 20.2 Å². The lowest BCUT2D eigenvalue weighted by Gasteiger charge is -2.26. The van der Waals surface area contributed by atoms with Crippen molar-refractivity contribution in [3.05, 3.63) is 82.2 Å². The van der Waals surface area contributed by atoms with Gasteiger partial charge in [-0.2, -0.15) is 0 Å². The highest BCUT2D eigenvalue weighted by Gasteiger charge is 2.34. The predicted octanol–water partition coefficient (Wildman–Crippen LogP) is 2.15. The summed E-state index contributed by atoms with van der Waals surface area (Å²) in [6, 6.07) is 10.7. The maximum absolute atomic E-state index is 12.9. The molecular formula is C19H17FN2O4S. The molecule has 2 aromatic heterocycles. The third-order valence-electron chi connectivity index (χ3n) is 4.00. The van der Waals surface area contributed by atoms with Crippen LogP contribution >= 0.6 is 11.3 Å². The van der Waals surface area contributed by atoms with E-state index in [1.165, 1.54) is 48.1 Å². The van der Waals surface area contributed by atoms with Crippen LogP contribution in [0.4, 0.5) is 4.39 Å². The van der Waals surface area contributed by atoms with Crippen LogP contribution in [0.3, 0.4) is 0 Å². The molecule has 0 bridgehead atoms. The maximum atomic E-state index is 12.9. The van der Waals surface area contributed by atoms with Crippen molar-refractivity contribution < 1.29 is 23.5 Å². The van der Waals surface area contributed by atoms with Crippen LogP contribution in [0.2, 0.25) is 0 Å². The molecule has 3 aromatic rings. The lowest BCUT2D eigenvalue weighted by molar-refractivity contribution is -0.139. The fourth-order valence-corrected chi connectivity index (χ4v) is 3.34. The fourth-order valence-electron chi connectivity index (χ4n) is 2.50. The highest BCUT2D eigenvalue weighted by molar-refractivity contribution is 7.10. The average Bonchev–Trinajstić information content (AvgIpc) is 3.39. The summed E-state index contributed by atoms with van der Waals surface area (Å²) in [5, 5.41) is 17.8. The molecule has 0 aliphatic carbocycles. The Kier molecular flexibility index (Phi) is 5.68. The Morgan fingerprint density at radius 1 is 1.11 bits per heavy atom. The minimum Gasteiger partial charge on any atom is -0.472 e. The molecule has 6 nitrogen and oxygen atoms in total. The van der Waals surface area contributed by atoms with E-state index in [9.17, 15) is 19.1 Å². The molecule has 0 aliphatic heterocycles. The summed E-state index contributed by atoms with van der Waals surface area (Å²) < 4.78 is 17.9. The van der Waals surface area contributed by atoms with Gasteiger partial charge in [0.05, 0.1) is 19.1 Å². The normalized spacial score (nSPS) is 13.0. The summed E-state index contributed by atoms with van der Waals surface area (Å²) >= 11 is 1.32. The number of amides is 2. The van der Waals surface area contributed by atoms with E-state index in [4.69, 9.17) is 4.42 Å². The monoisotopic (exact) mass is 388 g/mol. The Morgan fingerprint density at radius 2 is 1.85 bits per heavy atom. The molecule has 3 N–H and O–H groups in total. The molecule has 0 spiro atoms. The molecule has 140 valence electrons. The molecule has 0 saturated carbocycles. The largest absolute Gasteiger partial charge is 0.472 e. The van der Waals surface area contributed by atoms with E-state index in [2.05, 4.69) is 10.6 Å². The molecule has 3 rings (SSSR count). The van der Waals surface area contributed by atoms with E-state index in [1.807, 2.05) is 0 Å². The number of aliphatic hydroxyl groups is 1. The number of halogens is 1. The molecule has 1 atom stereocenters. The predicted molar refractivity (Wildman–Crippen MR) is 97.3 cm³/mol.